The molecule has 2 amide bonds. The van der Waals surface area contributed by atoms with Crippen LogP contribution in [0.25, 0.3) is 0 Å². The van der Waals surface area contributed by atoms with Crippen LogP contribution >= 0.6 is 0 Å². The Bertz CT molecular complexity index is 769. The summed E-state index contributed by atoms with van der Waals surface area (Å²) in [4.78, 5) is 26.6. The van der Waals surface area contributed by atoms with Crippen LogP contribution in [-0.2, 0) is 22.6 Å². The third-order valence-corrected chi connectivity index (χ3v) is 5.20. The van der Waals surface area contributed by atoms with Crippen LogP contribution in [0.3, 0.4) is 0 Å². The van der Waals surface area contributed by atoms with Gasteiger partial charge in [0, 0.05) is 13.0 Å². The Morgan fingerprint density at radius 2 is 2.12 bits per heavy atom. The Morgan fingerprint density at radius 3 is 2.96 bits per heavy atom. The van der Waals surface area contributed by atoms with Gasteiger partial charge in [0.25, 0.3) is 0 Å². The first-order chi connectivity index (χ1) is 12.2. The zero-order chi connectivity index (χ0) is 17.2. The molecule has 2 heterocycles. The number of amides is 2. The van der Waals surface area contributed by atoms with E-state index in [1.165, 1.54) is 11.1 Å². The predicted octanol–water partition coefficient (Wildman–Crippen LogP) is 2.82. The van der Waals surface area contributed by atoms with Gasteiger partial charge in [0.1, 0.15) is 5.76 Å². The van der Waals surface area contributed by atoms with Gasteiger partial charge in [-0.15, -0.1) is 0 Å². The highest BCUT2D eigenvalue weighted by Crippen LogP contribution is 2.30. The monoisotopic (exact) mass is 338 g/mol. The van der Waals surface area contributed by atoms with Crippen LogP contribution < -0.4 is 5.32 Å². The van der Waals surface area contributed by atoms with Crippen LogP contribution in [0, 0.1) is 5.92 Å². The van der Waals surface area contributed by atoms with Gasteiger partial charge < -0.3 is 14.6 Å². The maximum absolute atomic E-state index is 12.7. The Kier molecular flexibility index (Phi) is 4.30. The van der Waals surface area contributed by atoms with Crippen molar-refractivity contribution in [3.63, 3.8) is 0 Å². The van der Waals surface area contributed by atoms with Crippen molar-refractivity contribution in [2.45, 2.75) is 38.3 Å². The summed E-state index contributed by atoms with van der Waals surface area (Å²) in [6, 6.07) is 12.0. The summed E-state index contributed by atoms with van der Waals surface area (Å²) in [5, 5.41) is 3.18. The summed E-state index contributed by atoms with van der Waals surface area (Å²) in [6.07, 6.45) is 4.98. The number of carbonyl (C=O) groups excluding carboxylic acids is 2. The quantitative estimate of drug-likeness (QED) is 0.932. The number of fused-ring (bicyclic) bond motifs is 1. The standard InChI is InChI=1S/C20H22N2O3/c23-19-11-15(12-22(19)13-16-7-4-10-25-16)20(24)21-18-9-3-6-14-5-1-2-8-17(14)18/h1-2,4-5,7-8,10,15,18H,3,6,9,11-13H2,(H,21,24). The Balaban J connectivity index is 1.40. The van der Waals surface area contributed by atoms with Crippen molar-refractivity contribution in [3.05, 3.63) is 59.5 Å². The van der Waals surface area contributed by atoms with Gasteiger partial charge in [-0.25, -0.2) is 0 Å². The second-order valence-electron chi connectivity index (χ2n) is 6.91. The second kappa shape index (κ2) is 6.75. The molecule has 5 heteroatoms. The molecule has 1 N–H and O–H groups in total. The molecule has 1 saturated heterocycles. The number of furan rings is 1. The number of nitrogens with one attached hydrogen (secondary N) is 1. The third-order valence-electron chi connectivity index (χ3n) is 5.20. The summed E-state index contributed by atoms with van der Waals surface area (Å²) in [5.41, 5.74) is 2.54. The molecule has 1 aliphatic carbocycles. The molecular weight excluding hydrogens is 316 g/mol. The number of hydrogen-bond acceptors (Lipinski definition) is 3. The zero-order valence-corrected chi connectivity index (χ0v) is 14.1. The highest BCUT2D eigenvalue weighted by molar-refractivity contribution is 5.89. The van der Waals surface area contributed by atoms with Crippen LogP contribution in [0.5, 0.6) is 0 Å². The predicted molar refractivity (Wildman–Crippen MR) is 92.5 cm³/mol. The van der Waals surface area contributed by atoms with Gasteiger partial charge in [-0.05, 0) is 42.5 Å². The van der Waals surface area contributed by atoms with Gasteiger partial charge in [0.05, 0.1) is 24.8 Å². The lowest BCUT2D eigenvalue weighted by molar-refractivity contribution is -0.129. The highest BCUT2D eigenvalue weighted by atomic mass is 16.3. The molecule has 25 heavy (non-hydrogen) atoms. The zero-order valence-electron chi connectivity index (χ0n) is 14.1. The molecule has 2 unspecified atom stereocenters. The van der Waals surface area contributed by atoms with E-state index in [0.29, 0.717) is 13.1 Å². The van der Waals surface area contributed by atoms with Crippen LogP contribution in [-0.4, -0.2) is 23.3 Å². The van der Waals surface area contributed by atoms with Crippen LogP contribution in [0.1, 0.15) is 42.2 Å². The molecule has 0 radical (unpaired) electrons. The number of rotatable bonds is 4. The van der Waals surface area contributed by atoms with E-state index in [1.54, 1.807) is 17.2 Å². The van der Waals surface area contributed by atoms with E-state index in [1.807, 2.05) is 18.2 Å². The maximum Gasteiger partial charge on any atom is 0.225 e. The normalized spacial score (nSPS) is 22.7. The summed E-state index contributed by atoms with van der Waals surface area (Å²) < 4.78 is 5.31. The molecule has 1 aliphatic heterocycles. The lowest BCUT2D eigenvalue weighted by Crippen LogP contribution is -2.36. The van der Waals surface area contributed by atoms with Gasteiger partial charge in [-0.1, -0.05) is 24.3 Å². The highest BCUT2D eigenvalue weighted by Gasteiger charge is 2.35. The number of nitrogens with zero attached hydrogens (tertiary/aromatic N) is 1. The molecule has 2 atom stereocenters. The molecule has 2 aliphatic rings. The van der Waals surface area contributed by atoms with Crippen molar-refractivity contribution in [1.29, 1.82) is 0 Å². The van der Waals surface area contributed by atoms with Crippen LogP contribution in [0.4, 0.5) is 0 Å². The fourth-order valence-corrected chi connectivity index (χ4v) is 3.88. The number of benzene rings is 1. The van der Waals surface area contributed by atoms with Gasteiger partial charge in [0.2, 0.25) is 11.8 Å². The number of carbonyl (C=O) groups is 2. The topological polar surface area (TPSA) is 62.6 Å². The molecule has 4 rings (SSSR count). The van der Waals surface area contributed by atoms with Crippen LogP contribution in [0.15, 0.2) is 47.1 Å². The number of likely N-dealkylation sites (tertiary alicyclic amines) is 1. The largest absolute Gasteiger partial charge is 0.467 e. The van der Waals surface area contributed by atoms with E-state index in [0.717, 1.165) is 25.0 Å². The van der Waals surface area contributed by atoms with Gasteiger partial charge in [0.15, 0.2) is 0 Å². The summed E-state index contributed by atoms with van der Waals surface area (Å²) in [6.45, 7) is 0.890. The van der Waals surface area contributed by atoms with Gasteiger partial charge in [-0.2, -0.15) is 0 Å². The first-order valence-corrected chi connectivity index (χ1v) is 8.89. The van der Waals surface area contributed by atoms with Crippen molar-refractivity contribution in [3.8, 4) is 0 Å². The Hall–Kier alpha value is -2.56. The summed E-state index contributed by atoms with van der Waals surface area (Å²) in [7, 11) is 0. The van der Waals surface area contributed by atoms with E-state index in [4.69, 9.17) is 4.42 Å². The third kappa shape index (κ3) is 3.31. The first kappa shape index (κ1) is 15.9. The summed E-state index contributed by atoms with van der Waals surface area (Å²) >= 11 is 0. The van der Waals surface area contributed by atoms with E-state index in [2.05, 4.69) is 17.4 Å². The molecule has 2 aromatic rings. The molecule has 1 aromatic carbocycles. The lowest BCUT2D eigenvalue weighted by atomic mass is 9.87. The van der Waals surface area contributed by atoms with Gasteiger partial charge in [-0.3, -0.25) is 9.59 Å². The van der Waals surface area contributed by atoms with Crippen molar-refractivity contribution >= 4 is 11.8 Å². The van der Waals surface area contributed by atoms with E-state index in [9.17, 15) is 9.59 Å². The fourth-order valence-electron chi connectivity index (χ4n) is 3.88. The average molecular weight is 338 g/mol. The molecule has 0 bridgehead atoms. The molecule has 0 saturated carbocycles. The lowest BCUT2D eigenvalue weighted by Gasteiger charge is -2.27. The first-order valence-electron chi connectivity index (χ1n) is 8.89. The number of aryl methyl sites for hydroxylation is 1. The number of hydrogen-bond donors (Lipinski definition) is 1. The second-order valence-corrected chi connectivity index (χ2v) is 6.91. The molecular formula is C20H22N2O3. The average Bonchev–Trinajstić information content (AvgIpc) is 3.26. The van der Waals surface area contributed by atoms with Crippen LogP contribution in [0.2, 0.25) is 0 Å². The Labute approximate surface area is 147 Å². The molecule has 1 aromatic heterocycles. The Morgan fingerprint density at radius 1 is 1.24 bits per heavy atom. The van der Waals surface area contributed by atoms with Crippen molar-refractivity contribution in [2.75, 3.05) is 6.54 Å². The van der Waals surface area contributed by atoms with E-state index >= 15 is 0 Å². The molecule has 0 spiro atoms. The molecule has 5 nitrogen and oxygen atoms in total. The maximum atomic E-state index is 12.7. The van der Waals surface area contributed by atoms with Gasteiger partial charge >= 0.3 is 0 Å². The minimum atomic E-state index is -0.281. The van der Waals surface area contributed by atoms with Crippen molar-refractivity contribution < 1.29 is 14.0 Å². The molecule has 1 fully saturated rings. The summed E-state index contributed by atoms with van der Waals surface area (Å²) in [5.74, 6) is 0.463. The van der Waals surface area contributed by atoms with E-state index < -0.39 is 0 Å². The minimum Gasteiger partial charge on any atom is -0.467 e. The minimum absolute atomic E-state index is 0.0144. The smallest absolute Gasteiger partial charge is 0.225 e. The van der Waals surface area contributed by atoms with E-state index in [-0.39, 0.29) is 30.2 Å². The SMILES string of the molecule is O=C(NC1CCCc2ccccc21)C1CC(=O)N(Cc2ccco2)C1. The van der Waals surface area contributed by atoms with Crippen molar-refractivity contribution in [1.82, 2.24) is 10.2 Å². The van der Waals surface area contributed by atoms with Crippen molar-refractivity contribution in [2.24, 2.45) is 5.92 Å². The fraction of sp³-hybridized carbons (Fsp3) is 0.400. The molecule has 130 valence electrons.